The van der Waals surface area contributed by atoms with Crippen molar-refractivity contribution < 1.29 is 0 Å². The zero-order valence-corrected chi connectivity index (χ0v) is 10.1. The number of nitrogens with two attached hydrogens (primary N) is 1. The maximum absolute atomic E-state index is 5.62. The van der Waals surface area contributed by atoms with Crippen LogP contribution in [-0.4, -0.2) is 9.97 Å². The van der Waals surface area contributed by atoms with Gasteiger partial charge in [0.2, 0.25) is 0 Å². The number of hydrogen-bond acceptors (Lipinski definition) is 4. The summed E-state index contributed by atoms with van der Waals surface area (Å²) in [6.07, 6.45) is 0. The minimum absolute atomic E-state index is 0.617. The Labute approximate surface area is 101 Å². The smallest absolute Gasteiger partial charge is 0.147 e. The van der Waals surface area contributed by atoms with E-state index in [0.717, 1.165) is 28.6 Å². The van der Waals surface area contributed by atoms with Crippen molar-refractivity contribution in [2.45, 2.75) is 20.4 Å². The van der Waals surface area contributed by atoms with Gasteiger partial charge in [0.15, 0.2) is 0 Å². The van der Waals surface area contributed by atoms with Crippen molar-refractivity contribution in [3.05, 3.63) is 47.5 Å². The van der Waals surface area contributed by atoms with E-state index in [1.807, 2.05) is 44.2 Å². The maximum atomic E-state index is 5.62. The summed E-state index contributed by atoms with van der Waals surface area (Å²) in [6.45, 7) is 4.56. The highest BCUT2D eigenvalue weighted by Gasteiger charge is 1.99. The second-order valence-electron chi connectivity index (χ2n) is 4.04. The molecule has 1 aromatic heterocycles. The van der Waals surface area contributed by atoms with Crippen LogP contribution in [0.15, 0.2) is 30.3 Å². The van der Waals surface area contributed by atoms with Crippen molar-refractivity contribution >= 4 is 11.4 Å². The number of rotatable bonds is 3. The first kappa shape index (κ1) is 11.4. The van der Waals surface area contributed by atoms with E-state index in [1.54, 1.807) is 0 Å². The molecule has 2 rings (SSSR count). The summed E-state index contributed by atoms with van der Waals surface area (Å²) < 4.78 is 0. The normalized spacial score (nSPS) is 10.2. The third kappa shape index (κ3) is 3.17. The van der Waals surface area contributed by atoms with E-state index in [9.17, 15) is 0 Å². The summed E-state index contributed by atoms with van der Waals surface area (Å²) in [7, 11) is 0. The van der Waals surface area contributed by atoms with Gasteiger partial charge in [0.05, 0.1) is 6.54 Å². The van der Waals surface area contributed by atoms with E-state index in [0.29, 0.717) is 6.54 Å². The van der Waals surface area contributed by atoms with Gasteiger partial charge in [0.25, 0.3) is 0 Å². The Morgan fingerprint density at radius 1 is 1.06 bits per heavy atom. The molecular weight excluding hydrogens is 212 g/mol. The number of aryl methyl sites for hydroxylation is 2. The van der Waals surface area contributed by atoms with Crippen LogP contribution < -0.4 is 11.1 Å². The molecular formula is C13H16N4. The fourth-order valence-electron chi connectivity index (χ4n) is 1.66. The largest absolute Gasteiger partial charge is 0.399 e. The molecule has 1 heterocycles. The van der Waals surface area contributed by atoms with Crippen molar-refractivity contribution in [1.82, 2.24) is 9.97 Å². The van der Waals surface area contributed by atoms with Crippen LogP contribution >= 0.6 is 0 Å². The molecule has 4 heteroatoms. The standard InChI is InChI=1S/C13H16N4/c1-9-7-10(2)17-13(16-9)8-15-12-5-3-11(14)4-6-12/h3-7,15H,8,14H2,1-2H3. The Bertz CT molecular complexity index is 485. The van der Waals surface area contributed by atoms with Gasteiger partial charge in [-0.2, -0.15) is 0 Å². The number of benzene rings is 1. The average molecular weight is 228 g/mol. The highest BCUT2D eigenvalue weighted by molar-refractivity contribution is 5.51. The van der Waals surface area contributed by atoms with Crippen molar-refractivity contribution in [3.63, 3.8) is 0 Å². The maximum Gasteiger partial charge on any atom is 0.147 e. The summed E-state index contributed by atoms with van der Waals surface area (Å²) in [4.78, 5) is 8.74. The van der Waals surface area contributed by atoms with Crippen LogP contribution in [0.25, 0.3) is 0 Å². The van der Waals surface area contributed by atoms with Crippen LogP contribution in [0.5, 0.6) is 0 Å². The number of nitrogen functional groups attached to an aromatic ring is 1. The predicted octanol–water partition coefficient (Wildman–Crippen LogP) is 2.29. The topological polar surface area (TPSA) is 63.8 Å². The zero-order valence-electron chi connectivity index (χ0n) is 10.1. The molecule has 17 heavy (non-hydrogen) atoms. The fourth-order valence-corrected chi connectivity index (χ4v) is 1.66. The number of nitrogens with zero attached hydrogens (tertiary/aromatic N) is 2. The van der Waals surface area contributed by atoms with E-state index in [4.69, 9.17) is 5.73 Å². The molecule has 0 radical (unpaired) electrons. The molecule has 4 nitrogen and oxygen atoms in total. The van der Waals surface area contributed by atoms with Crippen molar-refractivity contribution in [2.24, 2.45) is 0 Å². The van der Waals surface area contributed by atoms with Gasteiger partial charge >= 0.3 is 0 Å². The molecule has 2 aromatic rings. The molecule has 0 atom stereocenters. The Hall–Kier alpha value is -2.10. The molecule has 0 saturated heterocycles. The van der Waals surface area contributed by atoms with Gasteiger partial charge in [0.1, 0.15) is 5.82 Å². The predicted molar refractivity (Wildman–Crippen MR) is 69.7 cm³/mol. The Balaban J connectivity index is 2.04. The lowest BCUT2D eigenvalue weighted by atomic mass is 10.3. The molecule has 0 amide bonds. The third-order valence-electron chi connectivity index (χ3n) is 2.39. The lowest BCUT2D eigenvalue weighted by Crippen LogP contribution is -2.06. The molecule has 88 valence electrons. The van der Waals surface area contributed by atoms with Crippen LogP contribution in [0.1, 0.15) is 17.2 Å². The SMILES string of the molecule is Cc1cc(C)nc(CNc2ccc(N)cc2)n1. The average Bonchev–Trinajstić information content (AvgIpc) is 2.27. The highest BCUT2D eigenvalue weighted by Crippen LogP contribution is 2.11. The van der Waals surface area contributed by atoms with Crippen LogP contribution in [0.3, 0.4) is 0 Å². The van der Waals surface area contributed by atoms with Crippen LogP contribution in [0, 0.1) is 13.8 Å². The van der Waals surface area contributed by atoms with Crippen LogP contribution in [0.2, 0.25) is 0 Å². The number of hydrogen-bond donors (Lipinski definition) is 2. The quantitative estimate of drug-likeness (QED) is 0.791. The first-order valence-corrected chi connectivity index (χ1v) is 5.54. The van der Waals surface area contributed by atoms with E-state index < -0.39 is 0 Å². The van der Waals surface area contributed by atoms with Crippen molar-refractivity contribution in [1.29, 1.82) is 0 Å². The number of aromatic nitrogens is 2. The van der Waals surface area contributed by atoms with Gasteiger partial charge in [-0.05, 0) is 44.2 Å². The van der Waals surface area contributed by atoms with Gasteiger partial charge in [-0.25, -0.2) is 9.97 Å². The molecule has 0 bridgehead atoms. The van der Waals surface area contributed by atoms with E-state index in [-0.39, 0.29) is 0 Å². The Kier molecular flexibility index (Phi) is 3.23. The molecule has 0 aliphatic carbocycles. The second-order valence-corrected chi connectivity index (χ2v) is 4.04. The minimum Gasteiger partial charge on any atom is -0.399 e. The number of nitrogens with one attached hydrogen (secondary N) is 1. The van der Waals surface area contributed by atoms with Crippen molar-refractivity contribution in [2.75, 3.05) is 11.1 Å². The number of anilines is 2. The fraction of sp³-hybridized carbons (Fsp3) is 0.231. The van der Waals surface area contributed by atoms with Crippen LogP contribution in [0.4, 0.5) is 11.4 Å². The third-order valence-corrected chi connectivity index (χ3v) is 2.39. The summed E-state index contributed by atoms with van der Waals surface area (Å²) in [5, 5.41) is 3.26. The molecule has 0 spiro atoms. The van der Waals surface area contributed by atoms with Gasteiger partial charge < -0.3 is 11.1 Å². The summed E-state index contributed by atoms with van der Waals surface area (Å²) in [6, 6.07) is 9.58. The first-order valence-electron chi connectivity index (χ1n) is 5.54. The Morgan fingerprint density at radius 3 is 2.24 bits per heavy atom. The summed E-state index contributed by atoms with van der Waals surface area (Å²) in [5.41, 5.74) is 9.38. The second kappa shape index (κ2) is 4.82. The molecule has 0 aliphatic rings. The molecule has 3 N–H and O–H groups in total. The molecule has 0 unspecified atom stereocenters. The molecule has 0 fully saturated rings. The van der Waals surface area contributed by atoms with E-state index in [1.165, 1.54) is 0 Å². The van der Waals surface area contributed by atoms with Gasteiger partial charge in [-0.15, -0.1) is 0 Å². The lowest BCUT2D eigenvalue weighted by molar-refractivity contribution is 0.904. The van der Waals surface area contributed by atoms with Crippen LogP contribution in [-0.2, 0) is 6.54 Å². The first-order chi connectivity index (χ1) is 8.13. The Morgan fingerprint density at radius 2 is 1.65 bits per heavy atom. The lowest BCUT2D eigenvalue weighted by Gasteiger charge is -2.07. The monoisotopic (exact) mass is 228 g/mol. The zero-order chi connectivity index (χ0) is 12.3. The van der Waals surface area contributed by atoms with Gasteiger partial charge in [-0.1, -0.05) is 0 Å². The van der Waals surface area contributed by atoms with E-state index in [2.05, 4.69) is 15.3 Å². The van der Waals surface area contributed by atoms with Gasteiger partial charge in [0, 0.05) is 22.8 Å². The molecule has 0 saturated carbocycles. The highest BCUT2D eigenvalue weighted by atomic mass is 15.0. The summed E-state index contributed by atoms with van der Waals surface area (Å²) in [5.74, 6) is 0.805. The minimum atomic E-state index is 0.617. The van der Waals surface area contributed by atoms with Gasteiger partial charge in [-0.3, -0.25) is 0 Å². The molecule has 1 aromatic carbocycles. The summed E-state index contributed by atoms with van der Waals surface area (Å²) >= 11 is 0. The molecule has 0 aliphatic heterocycles. The van der Waals surface area contributed by atoms with Crippen molar-refractivity contribution in [3.8, 4) is 0 Å². The van der Waals surface area contributed by atoms with E-state index >= 15 is 0 Å².